The van der Waals surface area contributed by atoms with E-state index in [9.17, 15) is 4.79 Å². The van der Waals surface area contributed by atoms with E-state index in [4.69, 9.17) is 14.2 Å². The van der Waals surface area contributed by atoms with Crippen molar-refractivity contribution in [2.75, 3.05) is 39.5 Å². The predicted molar refractivity (Wildman–Crippen MR) is 157 cm³/mol. The molecular weight excluding hydrogens is 518 g/mol. The Balaban J connectivity index is 0.00000336. The van der Waals surface area contributed by atoms with Crippen LogP contribution in [0.25, 0.3) is 20.5 Å². The van der Waals surface area contributed by atoms with Crippen LogP contribution < -0.4 is 9.47 Å². The molecule has 3 aromatic carbocycles. The van der Waals surface area contributed by atoms with Crippen molar-refractivity contribution in [3.8, 4) is 21.9 Å². The zero-order valence-corrected chi connectivity index (χ0v) is 23.3. The Morgan fingerprint density at radius 1 is 0.895 bits per heavy atom. The third kappa shape index (κ3) is 7.07. The van der Waals surface area contributed by atoms with Crippen molar-refractivity contribution in [1.82, 2.24) is 4.90 Å². The largest absolute Gasteiger partial charge is 0.492 e. The van der Waals surface area contributed by atoms with Crippen LogP contribution in [-0.2, 0) is 16.0 Å². The summed E-state index contributed by atoms with van der Waals surface area (Å²) < 4.78 is 17.8. The molecule has 0 N–H and O–H groups in total. The molecule has 0 spiro atoms. The Morgan fingerprint density at radius 2 is 1.58 bits per heavy atom. The monoisotopic (exact) mass is 551 g/mol. The smallest absolute Gasteiger partial charge is 0.344 e. The summed E-state index contributed by atoms with van der Waals surface area (Å²) in [5.41, 5.74) is 3.72. The second-order valence-corrected chi connectivity index (χ2v) is 10.3. The summed E-state index contributed by atoms with van der Waals surface area (Å²) in [5, 5.41) is 1.29. The summed E-state index contributed by atoms with van der Waals surface area (Å²) >= 11 is 1.83. The molecule has 0 bridgehead atoms. The van der Waals surface area contributed by atoms with Crippen LogP contribution in [0.1, 0.15) is 30.9 Å². The van der Waals surface area contributed by atoms with Crippen LogP contribution in [0.3, 0.4) is 0 Å². The van der Waals surface area contributed by atoms with E-state index in [0.717, 1.165) is 25.3 Å². The molecule has 5 nitrogen and oxygen atoms in total. The van der Waals surface area contributed by atoms with E-state index in [-0.39, 0.29) is 25.0 Å². The van der Waals surface area contributed by atoms with Gasteiger partial charge in [0.25, 0.3) is 0 Å². The maximum Gasteiger partial charge on any atom is 0.344 e. The molecule has 0 radical (unpaired) electrons. The molecule has 1 aromatic heterocycles. The van der Waals surface area contributed by atoms with Gasteiger partial charge in [0.2, 0.25) is 0 Å². The van der Waals surface area contributed by atoms with Gasteiger partial charge >= 0.3 is 5.97 Å². The quantitative estimate of drug-likeness (QED) is 0.188. The van der Waals surface area contributed by atoms with Gasteiger partial charge in [0.05, 0.1) is 6.61 Å². The number of hydrogen-bond acceptors (Lipinski definition) is 6. The van der Waals surface area contributed by atoms with E-state index in [1.807, 2.05) is 23.5 Å². The number of rotatable bonds is 11. The van der Waals surface area contributed by atoms with E-state index in [0.29, 0.717) is 12.4 Å². The zero-order valence-electron chi connectivity index (χ0n) is 21.7. The molecule has 1 saturated heterocycles. The van der Waals surface area contributed by atoms with Gasteiger partial charge in [-0.2, -0.15) is 0 Å². The SMILES string of the molecule is CCOC(=O)COc1ccc(Cc2c(-c3ccc(OCCN4CCCC4)cc3)sc3ccccc23)cc1.Cl. The number of nitrogens with zero attached hydrogens (tertiary/aromatic N) is 1. The summed E-state index contributed by atoms with van der Waals surface area (Å²) in [6.45, 7) is 6.17. The van der Waals surface area contributed by atoms with Crippen molar-refractivity contribution in [3.05, 3.63) is 83.9 Å². The maximum atomic E-state index is 11.6. The van der Waals surface area contributed by atoms with E-state index >= 15 is 0 Å². The van der Waals surface area contributed by atoms with Gasteiger partial charge in [-0.25, -0.2) is 4.79 Å². The van der Waals surface area contributed by atoms with Crippen LogP contribution >= 0.6 is 23.7 Å². The standard InChI is InChI=1S/C31H33NO4S.ClH/c1-2-34-30(33)22-36-26-13-9-23(10-14-26)21-28-27-7-3-4-8-29(27)37-31(28)24-11-15-25(16-12-24)35-20-19-32-17-5-6-18-32;/h3-4,7-16H,2,5-6,17-22H2,1H3;1H. The van der Waals surface area contributed by atoms with Gasteiger partial charge in [-0.15, -0.1) is 23.7 Å². The van der Waals surface area contributed by atoms with Crippen molar-refractivity contribution < 1.29 is 19.0 Å². The highest BCUT2D eigenvalue weighted by Gasteiger charge is 2.15. The Bertz CT molecular complexity index is 1310. The van der Waals surface area contributed by atoms with Gasteiger partial charge in [-0.3, -0.25) is 4.90 Å². The molecule has 1 fully saturated rings. The fourth-order valence-electron chi connectivity index (χ4n) is 4.76. The number of fused-ring (bicyclic) bond motifs is 1. The normalized spacial score (nSPS) is 13.3. The van der Waals surface area contributed by atoms with E-state index in [1.165, 1.54) is 57.6 Å². The molecule has 1 aliphatic rings. The molecule has 4 aromatic rings. The van der Waals surface area contributed by atoms with Crippen molar-refractivity contribution in [2.24, 2.45) is 0 Å². The molecule has 0 atom stereocenters. The molecule has 0 unspecified atom stereocenters. The third-order valence-corrected chi connectivity index (χ3v) is 7.92. The first kappa shape index (κ1) is 28.0. The molecule has 38 heavy (non-hydrogen) atoms. The molecular formula is C31H34ClNO4S. The van der Waals surface area contributed by atoms with Crippen molar-refractivity contribution in [1.29, 1.82) is 0 Å². The number of halogens is 1. The first-order valence-electron chi connectivity index (χ1n) is 13.0. The highest BCUT2D eigenvalue weighted by atomic mass is 35.5. The lowest BCUT2D eigenvalue weighted by Crippen LogP contribution is -2.25. The summed E-state index contributed by atoms with van der Waals surface area (Å²) in [4.78, 5) is 15.3. The highest BCUT2D eigenvalue weighted by Crippen LogP contribution is 2.40. The predicted octanol–water partition coefficient (Wildman–Crippen LogP) is 7.00. The fraction of sp³-hybridized carbons (Fsp3) is 0.323. The average molecular weight is 552 g/mol. The third-order valence-electron chi connectivity index (χ3n) is 6.66. The lowest BCUT2D eigenvalue weighted by molar-refractivity contribution is -0.145. The number of likely N-dealkylation sites (tertiary alicyclic amines) is 1. The molecule has 0 saturated carbocycles. The summed E-state index contributed by atoms with van der Waals surface area (Å²) in [6, 6.07) is 25.1. The number of benzene rings is 3. The minimum atomic E-state index is -0.357. The maximum absolute atomic E-state index is 11.6. The molecule has 7 heteroatoms. The molecule has 2 heterocycles. The van der Waals surface area contributed by atoms with Crippen LogP contribution in [0.2, 0.25) is 0 Å². The average Bonchev–Trinajstić information content (AvgIpc) is 3.57. The minimum Gasteiger partial charge on any atom is -0.492 e. The van der Waals surface area contributed by atoms with E-state index in [2.05, 4.69) is 65.6 Å². The number of carbonyl (C=O) groups excluding carboxylic acids is 1. The first-order valence-corrected chi connectivity index (χ1v) is 13.8. The van der Waals surface area contributed by atoms with Crippen LogP contribution in [0.4, 0.5) is 0 Å². The van der Waals surface area contributed by atoms with Gasteiger partial charge in [0, 0.05) is 16.1 Å². The van der Waals surface area contributed by atoms with Crippen LogP contribution in [0.15, 0.2) is 72.8 Å². The second-order valence-electron chi connectivity index (χ2n) is 9.24. The Morgan fingerprint density at radius 3 is 2.32 bits per heavy atom. The Hall–Kier alpha value is -3.06. The van der Waals surface area contributed by atoms with Gasteiger partial charge in [-0.05, 0) is 104 Å². The minimum absolute atomic E-state index is 0. The lowest BCUT2D eigenvalue weighted by atomic mass is 9.99. The van der Waals surface area contributed by atoms with Crippen molar-refractivity contribution in [2.45, 2.75) is 26.2 Å². The van der Waals surface area contributed by atoms with Gasteiger partial charge in [0.1, 0.15) is 18.1 Å². The first-order chi connectivity index (χ1) is 18.2. The molecule has 200 valence electrons. The zero-order chi connectivity index (χ0) is 25.5. The van der Waals surface area contributed by atoms with E-state index in [1.54, 1.807) is 6.92 Å². The number of esters is 1. The molecule has 0 aliphatic carbocycles. The Labute approximate surface area is 234 Å². The summed E-state index contributed by atoms with van der Waals surface area (Å²) in [5.74, 6) is 1.22. The number of ether oxygens (including phenoxy) is 3. The number of carbonyl (C=O) groups is 1. The van der Waals surface area contributed by atoms with Gasteiger partial charge < -0.3 is 14.2 Å². The van der Waals surface area contributed by atoms with Gasteiger partial charge in [-0.1, -0.05) is 30.3 Å². The van der Waals surface area contributed by atoms with Crippen LogP contribution in [0, 0.1) is 0 Å². The molecule has 0 amide bonds. The Kier molecular flexibility index (Phi) is 10.0. The second kappa shape index (κ2) is 13.7. The fourth-order valence-corrected chi connectivity index (χ4v) is 5.99. The summed E-state index contributed by atoms with van der Waals surface area (Å²) in [6.07, 6.45) is 3.42. The van der Waals surface area contributed by atoms with Crippen molar-refractivity contribution in [3.63, 3.8) is 0 Å². The number of hydrogen-bond donors (Lipinski definition) is 0. The molecule has 1 aliphatic heterocycles. The van der Waals surface area contributed by atoms with Crippen LogP contribution in [0.5, 0.6) is 11.5 Å². The number of thiophene rings is 1. The molecule has 5 rings (SSSR count). The van der Waals surface area contributed by atoms with Crippen LogP contribution in [-0.4, -0.2) is 50.3 Å². The summed E-state index contributed by atoms with van der Waals surface area (Å²) in [7, 11) is 0. The highest BCUT2D eigenvalue weighted by molar-refractivity contribution is 7.22. The lowest BCUT2D eigenvalue weighted by Gasteiger charge is -2.15. The topological polar surface area (TPSA) is 48.0 Å². The van der Waals surface area contributed by atoms with Crippen molar-refractivity contribution >= 4 is 39.8 Å². The van der Waals surface area contributed by atoms with Gasteiger partial charge in [0.15, 0.2) is 6.61 Å². The van der Waals surface area contributed by atoms with E-state index < -0.39 is 0 Å².